The van der Waals surface area contributed by atoms with E-state index in [0.717, 1.165) is 11.3 Å². The molecule has 0 aliphatic heterocycles. The van der Waals surface area contributed by atoms with Crippen LogP contribution in [0.15, 0.2) is 36.5 Å². The number of aromatic nitrogens is 2. The number of hydrogen-bond acceptors (Lipinski definition) is 5. The number of nitrogens with zero attached hydrogens (tertiary/aromatic N) is 3. The zero-order chi connectivity index (χ0) is 19.1. The third-order valence-electron chi connectivity index (χ3n) is 3.57. The molecule has 0 aliphatic carbocycles. The summed E-state index contributed by atoms with van der Waals surface area (Å²) >= 11 is 0. The number of amides is 2. The molecule has 0 bridgehead atoms. The van der Waals surface area contributed by atoms with Crippen molar-refractivity contribution in [3.05, 3.63) is 42.1 Å². The number of nitrogens with one attached hydrogen (secondary N) is 2. The topological polar surface area (TPSA) is 79.4 Å². The third kappa shape index (κ3) is 5.42. The minimum absolute atomic E-state index is 0.0107. The van der Waals surface area contributed by atoms with Crippen molar-refractivity contribution in [3.8, 4) is 0 Å². The van der Waals surface area contributed by atoms with Crippen LogP contribution in [0.1, 0.15) is 26.3 Å². The van der Waals surface area contributed by atoms with Crippen LogP contribution in [0, 0.1) is 6.92 Å². The second kappa shape index (κ2) is 9.15. The van der Waals surface area contributed by atoms with E-state index < -0.39 is 0 Å². The van der Waals surface area contributed by atoms with Gasteiger partial charge in [-0.1, -0.05) is 17.7 Å². The largest absolute Gasteiger partial charge is 0.383 e. The molecule has 1 aromatic carbocycles. The van der Waals surface area contributed by atoms with Gasteiger partial charge in [-0.25, -0.2) is 14.7 Å². The van der Waals surface area contributed by atoms with Crippen LogP contribution in [0.3, 0.4) is 0 Å². The Morgan fingerprint density at radius 1 is 1.19 bits per heavy atom. The summed E-state index contributed by atoms with van der Waals surface area (Å²) in [7, 11) is 1.64. The monoisotopic (exact) mass is 357 g/mol. The molecule has 140 valence electrons. The van der Waals surface area contributed by atoms with Gasteiger partial charge in [0.1, 0.15) is 5.82 Å². The van der Waals surface area contributed by atoms with Crippen molar-refractivity contribution >= 4 is 23.5 Å². The van der Waals surface area contributed by atoms with E-state index in [4.69, 9.17) is 4.74 Å². The highest BCUT2D eigenvalue weighted by Crippen LogP contribution is 2.25. The summed E-state index contributed by atoms with van der Waals surface area (Å²) in [4.78, 5) is 23.1. The van der Waals surface area contributed by atoms with Gasteiger partial charge in [0.05, 0.1) is 12.3 Å². The number of ether oxygens (including phenoxy) is 1. The summed E-state index contributed by atoms with van der Waals surface area (Å²) in [5.74, 6) is 0.940. The van der Waals surface area contributed by atoms with Crippen LogP contribution >= 0.6 is 0 Å². The summed E-state index contributed by atoms with van der Waals surface area (Å²) in [5.41, 5.74) is 1.86. The van der Waals surface area contributed by atoms with Gasteiger partial charge in [0.2, 0.25) is 5.95 Å². The predicted octanol–water partition coefficient (Wildman–Crippen LogP) is 3.49. The van der Waals surface area contributed by atoms with Gasteiger partial charge in [-0.2, -0.15) is 4.98 Å². The van der Waals surface area contributed by atoms with E-state index in [-0.39, 0.29) is 18.1 Å². The fraction of sp³-hybridized carbons (Fsp3) is 0.421. The molecule has 1 unspecified atom stereocenters. The number of aryl methyl sites for hydroxylation is 1. The lowest BCUT2D eigenvalue weighted by Gasteiger charge is -2.24. The fourth-order valence-corrected chi connectivity index (χ4v) is 2.41. The van der Waals surface area contributed by atoms with Gasteiger partial charge in [0.25, 0.3) is 0 Å². The van der Waals surface area contributed by atoms with Crippen molar-refractivity contribution in [2.24, 2.45) is 0 Å². The van der Waals surface area contributed by atoms with E-state index in [1.165, 1.54) is 0 Å². The third-order valence-corrected chi connectivity index (χ3v) is 3.57. The molecule has 7 heteroatoms. The van der Waals surface area contributed by atoms with Crippen LogP contribution in [-0.2, 0) is 4.74 Å². The first-order valence-corrected chi connectivity index (χ1v) is 8.66. The van der Waals surface area contributed by atoms with Crippen LogP contribution in [-0.4, -0.2) is 41.8 Å². The smallest absolute Gasteiger partial charge is 0.327 e. The molecule has 2 rings (SSSR count). The number of benzene rings is 1. The zero-order valence-electron chi connectivity index (χ0n) is 16.0. The summed E-state index contributed by atoms with van der Waals surface area (Å²) < 4.78 is 5.12. The van der Waals surface area contributed by atoms with Crippen molar-refractivity contribution < 1.29 is 9.53 Å². The van der Waals surface area contributed by atoms with Crippen LogP contribution < -0.4 is 15.5 Å². The van der Waals surface area contributed by atoms with Gasteiger partial charge in [0.15, 0.2) is 0 Å². The molecule has 0 aliphatic rings. The maximum Gasteiger partial charge on any atom is 0.327 e. The summed E-state index contributed by atoms with van der Waals surface area (Å²) in [6.45, 7) is 8.35. The molecule has 1 atom stereocenters. The van der Waals surface area contributed by atoms with Crippen LogP contribution in [0.4, 0.5) is 22.2 Å². The number of carbonyl (C=O) groups excluding carboxylic acids is 1. The Kier molecular flexibility index (Phi) is 6.91. The second-order valence-electron chi connectivity index (χ2n) is 6.51. The number of rotatable bonds is 7. The molecule has 0 spiro atoms. The molecule has 2 aromatic rings. The Morgan fingerprint density at radius 2 is 1.88 bits per heavy atom. The molecule has 0 fully saturated rings. The minimum atomic E-state index is -0.238. The highest BCUT2D eigenvalue weighted by molar-refractivity contribution is 5.98. The number of hydrogen-bond donors (Lipinski definition) is 2. The Bertz CT molecular complexity index is 718. The van der Waals surface area contributed by atoms with Gasteiger partial charge in [0, 0.05) is 31.5 Å². The minimum Gasteiger partial charge on any atom is -0.383 e. The van der Waals surface area contributed by atoms with Gasteiger partial charge >= 0.3 is 6.03 Å². The lowest BCUT2D eigenvalue weighted by molar-refractivity contribution is 0.190. The van der Waals surface area contributed by atoms with Crippen molar-refractivity contribution in [2.75, 3.05) is 23.9 Å². The zero-order valence-corrected chi connectivity index (χ0v) is 16.0. The molecule has 26 heavy (non-hydrogen) atoms. The van der Waals surface area contributed by atoms with Crippen LogP contribution in [0.2, 0.25) is 0 Å². The molecule has 1 aromatic heterocycles. The van der Waals surface area contributed by atoms with Gasteiger partial charge in [-0.15, -0.1) is 0 Å². The summed E-state index contributed by atoms with van der Waals surface area (Å²) in [6.07, 6.45) is 1.63. The summed E-state index contributed by atoms with van der Waals surface area (Å²) in [6, 6.07) is 9.27. The van der Waals surface area contributed by atoms with Crippen molar-refractivity contribution in [1.29, 1.82) is 0 Å². The average molecular weight is 357 g/mol. The average Bonchev–Trinajstić information content (AvgIpc) is 2.57. The lowest BCUT2D eigenvalue weighted by atomic mass is 10.2. The predicted molar refractivity (Wildman–Crippen MR) is 104 cm³/mol. The normalized spacial score (nSPS) is 11.9. The van der Waals surface area contributed by atoms with E-state index in [2.05, 4.69) is 20.6 Å². The van der Waals surface area contributed by atoms with E-state index in [1.807, 2.05) is 52.0 Å². The van der Waals surface area contributed by atoms with E-state index in [1.54, 1.807) is 24.3 Å². The fourth-order valence-electron chi connectivity index (χ4n) is 2.41. The Labute approximate surface area is 154 Å². The molecule has 2 N–H and O–H groups in total. The number of methoxy groups -OCH3 is 1. The quantitative estimate of drug-likeness (QED) is 0.793. The van der Waals surface area contributed by atoms with Crippen molar-refractivity contribution in [1.82, 2.24) is 15.3 Å². The standard InChI is InChI=1S/C19H27N5O2/c1-13(2)21-19(25)24(16-8-6-14(3)7-9-16)17-10-11-20-18(23-17)22-15(4)12-26-5/h6-11,13,15H,12H2,1-5H3,(H,21,25)(H,20,22,23). The first-order valence-electron chi connectivity index (χ1n) is 8.66. The molecular formula is C19H27N5O2. The van der Waals surface area contributed by atoms with Crippen LogP contribution in [0.25, 0.3) is 0 Å². The van der Waals surface area contributed by atoms with E-state index in [0.29, 0.717) is 18.4 Å². The second-order valence-corrected chi connectivity index (χ2v) is 6.51. The number of urea groups is 1. The maximum absolute atomic E-state index is 12.8. The van der Waals surface area contributed by atoms with Gasteiger partial charge in [-0.05, 0) is 39.8 Å². The highest BCUT2D eigenvalue weighted by Gasteiger charge is 2.20. The van der Waals surface area contributed by atoms with Crippen LogP contribution in [0.5, 0.6) is 0 Å². The molecular weight excluding hydrogens is 330 g/mol. The van der Waals surface area contributed by atoms with E-state index >= 15 is 0 Å². The first-order chi connectivity index (χ1) is 12.4. The molecule has 0 saturated heterocycles. The highest BCUT2D eigenvalue weighted by atomic mass is 16.5. The summed E-state index contributed by atoms with van der Waals surface area (Å²) in [5, 5.41) is 6.09. The Morgan fingerprint density at radius 3 is 2.50 bits per heavy atom. The maximum atomic E-state index is 12.8. The molecule has 7 nitrogen and oxygen atoms in total. The molecule has 1 heterocycles. The lowest BCUT2D eigenvalue weighted by Crippen LogP contribution is -2.41. The first kappa shape index (κ1) is 19.7. The number of anilines is 3. The van der Waals surface area contributed by atoms with Gasteiger partial charge < -0.3 is 15.4 Å². The molecule has 0 saturated carbocycles. The number of carbonyl (C=O) groups is 1. The van der Waals surface area contributed by atoms with Gasteiger partial charge in [-0.3, -0.25) is 0 Å². The Hall–Kier alpha value is -2.67. The van der Waals surface area contributed by atoms with E-state index in [9.17, 15) is 4.79 Å². The Balaban J connectivity index is 2.35. The SMILES string of the molecule is COCC(C)Nc1nccc(N(C(=O)NC(C)C)c2ccc(C)cc2)n1. The molecule has 0 radical (unpaired) electrons. The van der Waals surface area contributed by atoms with Crippen molar-refractivity contribution in [2.45, 2.75) is 39.8 Å². The molecule has 2 amide bonds. The van der Waals surface area contributed by atoms with Crippen molar-refractivity contribution in [3.63, 3.8) is 0 Å².